The lowest BCUT2D eigenvalue weighted by Gasteiger charge is -2.50. The first-order valence-corrected chi connectivity index (χ1v) is 7.02. The van der Waals surface area contributed by atoms with E-state index in [-0.39, 0.29) is 11.8 Å². The molecule has 0 saturated heterocycles. The Morgan fingerprint density at radius 2 is 2.11 bits per heavy atom. The smallest absolute Gasteiger partial charge is 0.331 e. The molecule has 2 aliphatic rings. The highest BCUT2D eigenvalue weighted by Crippen LogP contribution is 2.50. The van der Waals surface area contributed by atoms with E-state index in [2.05, 4.69) is 6.92 Å². The van der Waals surface area contributed by atoms with Crippen molar-refractivity contribution in [3.8, 4) is 0 Å². The van der Waals surface area contributed by atoms with Gasteiger partial charge in [0.2, 0.25) is 0 Å². The van der Waals surface area contributed by atoms with E-state index in [9.17, 15) is 9.90 Å². The molecule has 0 heterocycles. The van der Waals surface area contributed by atoms with Crippen molar-refractivity contribution in [1.82, 2.24) is 0 Å². The second kappa shape index (κ2) is 4.69. The lowest BCUT2D eigenvalue weighted by Crippen LogP contribution is -2.51. The summed E-state index contributed by atoms with van der Waals surface area (Å²) >= 11 is 0. The molecule has 0 radical (unpaired) electrons. The number of carboxylic acids is 1. The fourth-order valence-electron chi connectivity index (χ4n) is 3.77. The van der Waals surface area contributed by atoms with Crippen LogP contribution in [0.15, 0.2) is 11.6 Å². The van der Waals surface area contributed by atoms with Crippen LogP contribution in [0.5, 0.6) is 0 Å². The fourth-order valence-corrected chi connectivity index (χ4v) is 3.77. The van der Waals surface area contributed by atoms with E-state index >= 15 is 0 Å². The Kier molecular flexibility index (Phi) is 3.54. The molecule has 102 valence electrons. The first kappa shape index (κ1) is 13.6. The molecule has 1 saturated carbocycles. The monoisotopic (exact) mass is 252 g/mol. The van der Waals surface area contributed by atoms with Crippen molar-refractivity contribution in [2.24, 2.45) is 23.7 Å². The maximum absolute atomic E-state index is 11.1. The zero-order chi connectivity index (χ0) is 13.5. The maximum Gasteiger partial charge on any atom is 0.331 e. The van der Waals surface area contributed by atoms with Gasteiger partial charge >= 0.3 is 5.97 Å². The third kappa shape index (κ3) is 2.09. The number of aliphatic hydroxyl groups is 1. The topological polar surface area (TPSA) is 57.5 Å². The zero-order valence-electron chi connectivity index (χ0n) is 11.5. The molecule has 2 N–H and O–H groups in total. The molecule has 0 bridgehead atoms. The second-order valence-electron chi connectivity index (χ2n) is 6.39. The first-order chi connectivity index (χ1) is 8.36. The van der Waals surface area contributed by atoms with Crippen molar-refractivity contribution in [3.05, 3.63) is 11.6 Å². The van der Waals surface area contributed by atoms with E-state index in [1.165, 1.54) is 0 Å². The van der Waals surface area contributed by atoms with Gasteiger partial charge in [0.15, 0.2) is 0 Å². The molecule has 1 fully saturated rings. The van der Waals surface area contributed by atoms with Crippen LogP contribution in [0.4, 0.5) is 0 Å². The Morgan fingerprint density at radius 3 is 2.67 bits per heavy atom. The van der Waals surface area contributed by atoms with E-state index < -0.39 is 11.6 Å². The number of hydrogen-bond donors (Lipinski definition) is 2. The second-order valence-corrected chi connectivity index (χ2v) is 6.39. The molecule has 0 aromatic rings. The summed E-state index contributed by atoms with van der Waals surface area (Å²) in [4.78, 5) is 11.1. The van der Waals surface area contributed by atoms with Crippen LogP contribution in [0.25, 0.3) is 0 Å². The van der Waals surface area contributed by atoms with Gasteiger partial charge in [-0.3, -0.25) is 0 Å². The lowest BCUT2D eigenvalue weighted by atomic mass is 9.58. The van der Waals surface area contributed by atoms with Gasteiger partial charge in [-0.05, 0) is 43.4 Å². The van der Waals surface area contributed by atoms with E-state index in [0.717, 1.165) is 19.3 Å². The maximum atomic E-state index is 11.1. The Labute approximate surface area is 109 Å². The minimum atomic E-state index is -0.821. The number of carboxylic acid groups (broad SMARTS) is 1. The van der Waals surface area contributed by atoms with Gasteiger partial charge in [0.05, 0.1) is 5.60 Å². The Bertz CT molecular complexity index is 372. The fraction of sp³-hybridized carbons (Fsp3) is 0.800. The minimum absolute atomic E-state index is 0.0149. The summed E-state index contributed by atoms with van der Waals surface area (Å²) in [5.41, 5.74) is -0.234. The molecule has 3 nitrogen and oxygen atoms in total. The summed E-state index contributed by atoms with van der Waals surface area (Å²) in [6.07, 6.45) is 5.24. The molecule has 0 spiro atoms. The van der Waals surface area contributed by atoms with Crippen LogP contribution in [0.1, 0.15) is 46.5 Å². The van der Waals surface area contributed by atoms with Gasteiger partial charge in [-0.25, -0.2) is 4.79 Å². The summed E-state index contributed by atoms with van der Waals surface area (Å²) < 4.78 is 0. The van der Waals surface area contributed by atoms with Gasteiger partial charge in [0, 0.05) is 11.5 Å². The standard InChI is InChI=1S/C15H24O3/c1-9(2)15(18)7-6-10(3)12-5-4-11(14(16)17)8-13(12)15/h8-10,12-13,18H,4-7H2,1-3H3,(H,16,17)/t10-,12+,13-,15+/m1/s1. The van der Waals surface area contributed by atoms with Crippen molar-refractivity contribution in [3.63, 3.8) is 0 Å². The summed E-state index contributed by atoms with van der Waals surface area (Å²) in [6, 6.07) is 0. The van der Waals surface area contributed by atoms with Crippen LogP contribution in [0.2, 0.25) is 0 Å². The molecule has 0 aliphatic heterocycles. The van der Waals surface area contributed by atoms with Crippen LogP contribution in [0.3, 0.4) is 0 Å². The molecule has 0 amide bonds. The van der Waals surface area contributed by atoms with E-state index in [1.807, 2.05) is 19.9 Å². The van der Waals surface area contributed by atoms with Crippen LogP contribution >= 0.6 is 0 Å². The quantitative estimate of drug-likeness (QED) is 0.794. The van der Waals surface area contributed by atoms with Crippen LogP contribution in [0, 0.1) is 23.7 Å². The highest BCUT2D eigenvalue weighted by molar-refractivity contribution is 5.86. The van der Waals surface area contributed by atoms with E-state index in [0.29, 0.717) is 23.8 Å². The largest absolute Gasteiger partial charge is 0.478 e. The number of hydrogen-bond acceptors (Lipinski definition) is 2. The Morgan fingerprint density at radius 1 is 1.44 bits per heavy atom. The van der Waals surface area contributed by atoms with Gasteiger partial charge in [0.1, 0.15) is 0 Å². The zero-order valence-corrected chi connectivity index (χ0v) is 11.5. The Balaban J connectivity index is 2.37. The van der Waals surface area contributed by atoms with Crippen molar-refractivity contribution >= 4 is 5.97 Å². The molecule has 18 heavy (non-hydrogen) atoms. The highest BCUT2D eigenvalue weighted by Gasteiger charge is 2.49. The van der Waals surface area contributed by atoms with Crippen molar-refractivity contribution < 1.29 is 15.0 Å². The van der Waals surface area contributed by atoms with Crippen molar-refractivity contribution in [2.75, 3.05) is 0 Å². The van der Waals surface area contributed by atoms with Gasteiger partial charge in [-0.15, -0.1) is 0 Å². The van der Waals surface area contributed by atoms with Crippen LogP contribution in [-0.2, 0) is 4.79 Å². The van der Waals surface area contributed by atoms with Crippen LogP contribution < -0.4 is 0 Å². The third-order valence-corrected chi connectivity index (χ3v) is 5.17. The molecular formula is C15H24O3. The summed E-state index contributed by atoms with van der Waals surface area (Å²) in [5.74, 6) is 0.385. The van der Waals surface area contributed by atoms with Crippen molar-refractivity contribution in [1.29, 1.82) is 0 Å². The molecule has 2 rings (SSSR count). The summed E-state index contributed by atoms with van der Waals surface area (Å²) in [5, 5.41) is 20.1. The van der Waals surface area contributed by atoms with Gasteiger partial charge in [-0.1, -0.05) is 26.8 Å². The average molecular weight is 252 g/mol. The molecule has 0 aromatic heterocycles. The Hall–Kier alpha value is -0.830. The number of rotatable bonds is 2. The van der Waals surface area contributed by atoms with E-state index in [4.69, 9.17) is 5.11 Å². The summed E-state index contributed by atoms with van der Waals surface area (Å²) in [7, 11) is 0. The molecular weight excluding hydrogens is 228 g/mol. The predicted molar refractivity (Wildman–Crippen MR) is 70.1 cm³/mol. The average Bonchev–Trinajstić information content (AvgIpc) is 2.33. The molecule has 0 aromatic carbocycles. The lowest BCUT2D eigenvalue weighted by molar-refractivity contribution is -0.134. The normalized spacial score (nSPS) is 40.3. The summed E-state index contributed by atoms with van der Waals surface area (Å²) in [6.45, 7) is 6.31. The molecule has 2 aliphatic carbocycles. The number of carbonyl (C=O) groups is 1. The SMILES string of the molecule is CC(C)[C@@]1(O)CC[C@@H](C)[C@@H]2CCC(C(=O)O)=C[C@H]21. The van der Waals surface area contributed by atoms with Crippen molar-refractivity contribution in [2.45, 2.75) is 52.1 Å². The number of aliphatic carboxylic acids is 1. The van der Waals surface area contributed by atoms with E-state index in [1.54, 1.807) is 0 Å². The predicted octanol–water partition coefficient (Wildman–Crippen LogP) is 2.84. The molecule has 4 atom stereocenters. The van der Waals surface area contributed by atoms with Gasteiger partial charge in [-0.2, -0.15) is 0 Å². The van der Waals surface area contributed by atoms with Crippen LogP contribution in [-0.4, -0.2) is 21.8 Å². The molecule has 0 unspecified atom stereocenters. The highest BCUT2D eigenvalue weighted by atomic mass is 16.4. The van der Waals surface area contributed by atoms with Gasteiger partial charge in [0.25, 0.3) is 0 Å². The first-order valence-electron chi connectivity index (χ1n) is 7.02. The molecule has 3 heteroatoms. The number of fused-ring (bicyclic) bond motifs is 1. The minimum Gasteiger partial charge on any atom is -0.478 e. The third-order valence-electron chi connectivity index (χ3n) is 5.17. The van der Waals surface area contributed by atoms with Gasteiger partial charge < -0.3 is 10.2 Å².